The van der Waals surface area contributed by atoms with E-state index in [1.54, 1.807) is 11.3 Å². The second-order valence-electron chi connectivity index (χ2n) is 5.23. The van der Waals surface area contributed by atoms with Crippen LogP contribution < -0.4 is 5.32 Å². The number of aromatic nitrogens is 3. The van der Waals surface area contributed by atoms with E-state index in [-0.39, 0.29) is 6.04 Å². The van der Waals surface area contributed by atoms with E-state index in [2.05, 4.69) is 46.5 Å². The van der Waals surface area contributed by atoms with Gasteiger partial charge in [-0.25, -0.2) is 4.98 Å². The van der Waals surface area contributed by atoms with Gasteiger partial charge in [0.1, 0.15) is 0 Å². The topological polar surface area (TPSA) is 50.7 Å². The van der Waals surface area contributed by atoms with Crippen molar-refractivity contribution < 1.29 is 0 Å². The molecule has 1 aromatic carbocycles. The molecule has 1 unspecified atom stereocenters. The van der Waals surface area contributed by atoms with E-state index >= 15 is 0 Å². The number of fused-ring (bicyclic) bond motifs is 1. The van der Waals surface area contributed by atoms with Gasteiger partial charge in [0.2, 0.25) is 0 Å². The molecule has 0 aliphatic carbocycles. The van der Waals surface area contributed by atoms with E-state index in [9.17, 15) is 0 Å². The van der Waals surface area contributed by atoms with Gasteiger partial charge in [-0.15, -0.1) is 16.4 Å². The van der Waals surface area contributed by atoms with Crippen LogP contribution in [0.25, 0.3) is 10.8 Å². The van der Waals surface area contributed by atoms with Crippen LogP contribution in [-0.4, -0.2) is 15.2 Å². The molecule has 108 valence electrons. The maximum atomic E-state index is 4.49. The van der Waals surface area contributed by atoms with Crippen LogP contribution in [0.2, 0.25) is 0 Å². The summed E-state index contributed by atoms with van der Waals surface area (Å²) in [6, 6.07) is 8.38. The summed E-state index contributed by atoms with van der Waals surface area (Å²) in [5.74, 6) is 0.828. The van der Waals surface area contributed by atoms with Crippen LogP contribution in [0.15, 0.2) is 24.3 Å². The average Bonchev–Trinajstić information content (AvgIpc) is 2.81. The van der Waals surface area contributed by atoms with E-state index in [1.165, 1.54) is 4.88 Å². The Morgan fingerprint density at radius 1 is 1.00 bits per heavy atom. The van der Waals surface area contributed by atoms with Gasteiger partial charge in [0.05, 0.1) is 22.4 Å². The molecule has 21 heavy (non-hydrogen) atoms. The van der Waals surface area contributed by atoms with Gasteiger partial charge in [0.25, 0.3) is 0 Å². The molecule has 3 aromatic rings. The number of nitrogens with zero attached hydrogens (tertiary/aromatic N) is 3. The van der Waals surface area contributed by atoms with Crippen molar-refractivity contribution in [2.24, 2.45) is 0 Å². The molecule has 0 spiro atoms. The molecule has 1 N–H and O–H groups in total. The van der Waals surface area contributed by atoms with Gasteiger partial charge in [0.15, 0.2) is 5.82 Å². The predicted octanol–water partition coefficient (Wildman–Crippen LogP) is 4.18. The fraction of sp³-hybridized carbons (Fsp3) is 0.312. The van der Waals surface area contributed by atoms with Crippen LogP contribution in [0, 0.1) is 20.8 Å². The molecule has 4 nitrogen and oxygen atoms in total. The Balaban J connectivity index is 1.99. The summed E-state index contributed by atoms with van der Waals surface area (Å²) in [5, 5.41) is 15.4. The van der Waals surface area contributed by atoms with Crippen molar-refractivity contribution >= 4 is 27.9 Å². The number of thiazole rings is 1. The van der Waals surface area contributed by atoms with Gasteiger partial charge < -0.3 is 5.32 Å². The van der Waals surface area contributed by atoms with Crippen molar-refractivity contribution in [2.75, 3.05) is 5.32 Å². The SMILES string of the molecule is Cc1nc(C)c(C(C)Nc2nnc(C)c3ccccc23)s1. The number of hydrogen-bond donors (Lipinski definition) is 1. The first kappa shape index (κ1) is 13.9. The second kappa shape index (κ2) is 5.41. The van der Waals surface area contributed by atoms with E-state index in [0.717, 1.165) is 33.0 Å². The predicted molar refractivity (Wildman–Crippen MR) is 87.9 cm³/mol. The maximum absolute atomic E-state index is 4.49. The molecular formula is C16H18N4S. The van der Waals surface area contributed by atoms with E-state index < -0.39 is 0 Å². The molecular weight excluding hydrogens is 280 g/mol. The van der Waals surface area contributed by atoms with E-state index in [0.29, 0.717) is 0 Å². The van der Waals surface area contributed by atoms with Crippen molar-refractivity contribution in [1.82, 2.24) is 15.2 Å². The summed E-state index contributed by atoms with van der Waals surface area (Å²) in [7, 11) is 0. The van der Waals surface area contributed by atoms with Gasteiger partial charge in [-0.1, -0.05) is 24.3 Å². The lowest BCUT2D eigenvalue weighted by Crippen LogP contribution is -2.09. The van der Waals surface area contributed by atoms with Gasteiger partial charge in [0, 0.05) is 15.6 Å². The number of nitrogens with one attached hydrogen (secondary N) is 1. The standard InChI is InChI=1S/C16H18N4S/c1-9-13-7-5-6-8-14(13)16(20-19-9)18-11(3)15-10(2)17-12(4)21-15/h5-8,11H,1-4H3,(H,18,20). The van der Waals surface area contributed by atoms with Crippen molar-refractivity contribution in [3.8, 4) is 0 Å². The minimum absolute atomic E-state index is 0.164. The van der Waals surface area contributed by atoms with Crippen LogP contribution in [0.5, 0.6) is 0 Å². The highest BCUT2D eigenvalue weighted by molar-refractivity contribution is 7.11. The summed E-state index contributed by atoms with van der Waals surface area (Å²) in [6.07, 6.45) is 0. The zero-order chi connectivity index (χ0) is 15.0. The third-order valence-corrected chi connectivity index (χ3v) is 4.81. The molecule has 2 aromatic heterocycles. The van der Waals surface area contributed by atoms with Crippen LogP contribution in [0.1, 0.15) is 34.2 Å². The summed E-state index contributed by atoms with van der Waals surface area (Å²) in [4.78, 5) is 5.74. The summed E-state index contributed by atoms with van der Waals surface area (Å²) >= 11 is 1.73. The van der Waals surface area contributed by atoms with Gasteiger partial charge in [-0.05, 0) is 27.7 Å². The Morgan fingerprint density at radius 3 is 2.38 bits per heavy atom. The molecule has 3 rings (SSSR count). The summed E-state index contributed by atoms with van der Waals surface area (Å²) in [5.41, 5.74) is 2.04. The molecule has 0 amide bonds. The third kappa shape index (κ3) is 2.61. The smallest absolute Gasteiger partial charge is 0.157 e. The number of anilines is 1. The van der Waals surface area contributed by atoms with Gasteiger partial charge >= 0.3 is 0 Å². The fourth-order valence-electron chi connectivity index (χ4n) is 2.56. The lowest BCUT2D eigenvalue weighted by molar-refractivity contribution is 0.866. The molecule has 0 radical (unpaired) electrons. The van der Waals surface area contributed by atoms with Crippen molar-refractivity contribution in [2.45, 2.75) is 33.7 Å². The van der Waals surface area contributed by atoms with Crippen molar-refractivity contribution in [3.63, 3.8) is 0 Å². The zero-order valence-electron chi connectivity index (χ0n) is 12.6. The minimum Gasteiger partial charge on any atom is -0.361 e. The Morgan fingerprint density at radius 2 is 1.71 bits per heavy atom. The van der Waals surface area contributed by atoms with Crippen LogP contribution in [0.4, 0.5) is 5.82 Å². The third-order valence-electron chi connectivity index (χ3n) is 3.56. The lowest BCUT2D eigenvalue weighted by Gasteiger charge is -2.15. The average molecular weight is 298 g/mol. The molecule has 1 atom stereocenters. The van der Waals surface area contributed by atoms with Gasteiger partial charge in [-0.3, -0.25) is 0 Å². The number of aryl methyl sites for hydroxylation is 3. The summed E-state index contributed by atoms with van der Waals surface area (Å²) < 4.78 is 0. The highest BCUT2D eigenvalue weighted by atomic mass is 32.1. The molecule has 0 aliphatic heterocycles. The van der Waals surface area contributed by atoms with Crippen molar-refractivity contribution in [1.29, 1.82) is 0 Å². The van der Waals surface area contributed by atoms with Crippen LogP contribution in [-0.2, 0) is 0 Å². The fourth-order valence-corrected chi connectivity index (χ4v) is 3.49. The first-order valence-electron chi connectivity index (χ1n) is 6.98. The summed E-state index contributed by atoms with van der Waals surface area (Å²) in [6.45, 7) is 8.21. The lowest BCUT2D eigenvalue weighted by atomic mass is 10.1. The quantitative estimate of drug-likeness (QED) is 0.788. The largest absolute Gasteiger partial charge is 0.361 e. The van der Waals surface area contributed by atoms with Crippen molar-refractivity contribution in [3.05, 3.63) is 45.5 Å². The monoisotopic (exact) mass is 298 g/mol. The maximum Gasteiger partial charge on any atom is 0.157 e. The first-order valence-corrected chi connectivity index (χ1v) is 7.80. The molecule has 5 heteroatoms. The Kier molecular flexibility index (Phi) is 3.59. The van der Waals surface area contributed by atoms with E-state index in [1.807, 2.05) is 26.0 Å². The molecule has 2 heterocycles. The molecule has 0 fully saturated rings. The molecule has 0 saturated carbocycles. The zero-order valence-corrected chi connectivity index (χ0v) is 13.5. The molecule has 0 aliphatic rings. The Labute approximate surface area is 128 Å². The second-order valence-corrected chi connectivity index (χ2v) is 6.46. The number of hydrogen-bond acceptors (Lipinski definition) is 5. The highest BCUT2D eigenvalue weighted by Gasteiger charge is 2.15. The normalized spacial score (nSPS) is 12.6. The van der Waals surface area contributed by atoms with Crippen LogP contribution >= 0.6 is 11.3 Å². The van der Waals surface area contributed by atoms with Gasteiger partial charge in [-0.2, -0.15) is 5.10 Å². The Bertz CT molecular complexity index is 794. The molecule has 0 bridgehead atoms. The molecule has 0 saturated heterocycles. The first-order chi connectivity index (χ1) is 10.1. The number of benzene rings is 1. The van der Waals surface area contributed by atoms with Crippen LogP contribution in [0.3, 0.4) is 0 Å². The highest BCUT2D eigenvalue weighted by Crippen LogP contribution is 2.29. The number of rotatable bonds is 3. The van der Waals surface area contributed by atoms with E-state index in [4.69, 9.17) is 0 Å². The Hall–Kier alpha value is -2.01. The minimum atomic E-state index is 0.164.